The van der Waals surface area contributed by atoms with E-state index in [0.29, 0.717) is 25.8 Å². The first kappa shape index (κ1) is 20.9. The molecule has 9 heteroatoms. The number of nitrogens with two attached hydrogens (primary N) is 1. The van der Waals surface area contributed by atoms with Gasteiger partial charge in [0.25, 0.3) is 0 Å². The van der Waals surface area contributed by atoms with E-state index in [1.165, 1.54) is 16.2 Å². The van der Waals surface area contributed by atoms with Crippen molar-refractivity contribution in [2.75, 3.05) is 13.1 Å². The maximum Gasteiger partial charge on any atom is 0.325 e. The van der Waals surface area contributed by atoms with Gasteiger partial charge in [-0.1, -0.05) is 30.3 Å². The zero-order chi connectivity index (χ0) is 20.6. The minimum atomic E-state index is -0.749. The highest BCUT2D eigenvalue weighted by atomic mass is 32.1. The van der Waals surface area contributed by atoms with Crippen LogP contribution in [0.15, 0.2) is 41.2 Å². The molecule has 2 atom stereocenters. The van der Waals surface area contributed by atoms with Gasteiger partial charge in [-0.2, -0.15) is 0 Å². The predicted octanol–water partition coefficient (Wildman–Crippen LogP) is 0.864. The third-order valence-electron chi connectivity index (χ3n) is 4.72. The Morgan fingerprint density at radius 1 is 1.31 bits per heavy atom. The van der Waals surface area contributed by atoms with Crippen molar-refractivity contribution in [1.82, 2.24) is 15.2 Å². The van der Waals surface area contributed by atoms with Crippen molar-refractivity contribution in [2.24, 2.45) is 5.73 Å². The van der Waals surface area contributed by atoms with E-state index in [2.05, 4.69) is 10.3 Å². The maximum atomic E-state index is 12.7. The smallest absolute Gasteiger partial charge is 0.325 e. The Morgan fingerprint density at radius 3 is 2.83 bits per heavy atom. The van der Waals surface area contributed by atoms with Crippen LogP contribution in [0.3, 0.4) is 0 Å². The maximum absolute atomic E-state index is 12.7. The number of ether oxygens (including phenoxy) is 1. The van der Waals surface area contributed by atoms with Crippen molar-refractivity contribution in [2.45, 2.75) is 38.0 Å². The monoisotopic (exact) mass is 416 g/mol. The van der Waals surface area contributed by atoms with Gasteiger partial charge < -0.3 is 20.7 Å². The highest BCUT2D eigenvalue weighted by Crippen LogP contribution is 2.19. The van der Waals surface area contributed by atoms with Crippen LogP contribution in [0.2, 0.25) is 0 Å². The molecule has 0 spiro atoms. The summed E-state index contributed by atoms with van der Waals surface area (Å²) in [5.74, 6) is -1.17. The van der Waals surface area contributed by atoms with E-state index in [9.17, 15) is 14.4 Å². The molecule has 1 aromatic heterocycles. The number of rotatable bonds is 8. The number of carbonyl (C=O) groups is 3. The molecular weight excluding hydrogens is 392 g/mol. The van der Waals surface area contributed by atoms with Crippen LogP contribution in [-0.2, 0) is 32.1 Å². The molecule has 2 heterocycles. The van der Waals surface area contributed by atoms with Crippen LogP contribution >= 0.6 is 11.3 Å². The number of amides is 2. The summed E-state index contributed by atoms with van der Waals surface area (Å²) in [6.45, 7) is 0.379. The van der Waals surface area contributed by atoms with E-state index >= 15 is 0 Å². The summed E-state index contributed by atoms with van der Waals surface area (Å²) in [5, 5.41) is 4.42. The molecule has 0 unspecified atom stereocenters. The number of benzene rings is 1. The molecule has 1 saturated heterocycles. The van der Waals surface area contributed by atoms with Crippen LogP contribution < -0.4 is 11.1 Å². The van der Waals surface area contributed by atoms with Crippen molar-refractivity contribution < 1.29 is 19.1 Å². The van der Waals surface area contributed by atoms with Crippen LogP contribution in [0.5, 0.6) is 0 Å². The lowest BCUT2D eigenvalue weighted by atomic mass is 10.1. The van der Waals surface area contributed by atoms with Crippen LogP contribution in [-0.4, -0.2) is 52.8 Å². The number of likely N-dealkylation sites (tertiary alicyclic amines) is 1. The largest absolute Gasteiger partial charge is 0.460 e. The molecular formula is C20H24N4O4S. The SMILES string of the molecule is N[C@@H](Cc1cscn1)C(=O)N1CCC[C@H]1C(=O)NCC(=O)OCc1ccccc1. The molecule has 2 amide bonds. The summed E-state index contributed by atoms with van der Waals surface area (Å²) in [7, 11) is 0. The summed E-state index contributed by atoms with van der Waals surface area (Å²) in [6, 6.07) is 7.92. The van der Waals surface area contributed by atoms with Gasteiger partial charge in [-0.15, -0.1) is 11.3 Å². The number of hydrogen-bond donors (Lipinski definition) is 2. The van der Waals surface area contributed by atoms with E-state index in [-0.39, 0.29) is 25.0 Å². The lowest BCUT2D eigenvalue weighted by Gasteiger charge is -2.26. The van der Waals surface area contributed by atoms with Gasteiger partial charge in [0, 0.05) is 18.3 Å². The summed E-state index contributed by atoms with van der Waals surface area (Å²) in [4.78, 5) is 42.7. The van der Waals surface area contributed by atoms with Crippen LogP contribution in [0, 0.1) is 0 Å². The molecule has 0 saturated carbocycles. The Bertz CT molecular complexity index is 828. The van der Waals surface area contributed by atoms with Gasteiger partial charge in [0.15, 0.2) is 0 Å². The number of nitrogens with one attached hydrogen (secondary N) is 1. The van der Waals surface area contributed by atoms with E-state index in [4.69, 9.17) is 10.5 Å². The zero-order valence-electron chi connectivity index (χ0n) is 16.0. The lowest BCUT2D eigenvalue weighted by Crippen LogP contribution is -2.52. The molecule has 0 radical (unpaired) electrons. The van der Waals surface area contributed by atoms with Crippen LogP contribution in [0.4, 0.5) is 0 Å². The van der Waals surface area contributed by atoms with E-state index in [0.717, 1.165) is 11.3 Å². The Morgan fingerprint density at radius 2 is 2.10 bits per heavy atom. The van der Waals surface area contributed by atoms with Gasteiger partial charge in [-0.05, 0) is 18.4 Å². The highest BCUT2D eigenvalue weighted by molar-refractivity contribution is 7.07. The number of esters is 1. The molecule has 0 bridgehead atoms. The third kappa shape index (κ3) is 5.85. The minimum absolute atomic E-state index is 0.148. The van der Waals surface area contributed by atoms with Gasteiger partial charge in [-0.3, -0.25) is 14.4 Å². The van der Waals surface area contributed by atoms with Gasteiger partial charge in [0.2, 0.25) is 11.8 Å². The number of thiazole rings is 1. The number of aromatic nitrogens is 1. The normalized spacial score (nSPS) is 17.0. The van der Waals surface area contributed by atoms with Crippen molar-refractivity contribution in [3.8, 4) is 0 Å². The first-order valence-electron chi connectivity index (χ1n) is 9.45. The molecule has 3 rings (SSSR count). The summed E-state index contributed by atoms with van der Waals surface area (Å²) in [5.41, 5.74) is 9.36. The Labute approximate surface area is 173 Å². The fourth-order valence-electron chi connectivity index (χ4n) is 3.23. The van der Waals surface area contributed by atoms with E-state index in [1.807, 2.05) is 35.7 Å². The van der Waals surface area contributed by atoms with Gasteiger partial charge in [0.05, 0.1) is 17.2 Å². The predicted molar refractivity (Wildman–Crippen MR) is 108 cm³/mol. The average Bonchev–Trinajstić information content (AvgIpc) is 3.42. The number of hydrogen-bond acceptors (Lipinski definition) is 7. The van der Waals surface area contributed by atoms with E-state index in [1.54, 1.807) is 5.51 Å². The molecule has 1 aromatic carbocycles. The second kappa shape index (κ2) is 10.1. The van der Waals surface area contributed by atoms with E-state index < -0.39 is 18.1 Å². The molecule has 1 fully saturated rings. The topological polar surface area (TPSA) is 115 Å². The molecule has 29 heavy (non-hydrogen) atoms. The number of nitrogens with zero attached hydrogens (tertiary/aromatic N) is 2. The average molecular weight is 417 g/mol. The molecule has 3 N–H and O–H groups in total. The first-order valence-corrected chi connectivity index (χ1v) is 10.4. The Hall–Kier alpha value is -2.78. The lowest BCUT2D eigenvalue weighted by molar-refractivity contribution is -0.146. The standard InChI is InChI=1S/C20H24N4O4S/c21-16(9-15-12-29-13-23-15)20(27)24-8-4-7-17(24)19(26)22-10-18(25)28-11-14-5-2-1-3-6-14/h1-3,5-6,12-13,16-17H,4,7-11,21H2,(H,22,26)/t16-,17-/m0/s1. The fourth-order valence-corrected chi connectivity index (χ4v) is 3.80. The van der Waals surface area contributed by atoms with Gasteiger partial charge in [0.1, 0.15) is 19.2 Å². The Kier molecular flexibility index (Phi) is 7.31. The second-order valence-electron chi connectivity index (χ2n) is 6.84. The molecule has 8 nitrogen and oxygen atoms in total. The summed E-state index contributed by atoms with van der Waals surface area (Å²) < 4.78 is 5.15. The van der Waals surface area contributed by atoms with Crippen molar-refractivity contribution in [1.29, 1.82) is 0 Å². The van der Waals surface area contributed by atoms with Crippen molar-refractivity contribution in [3.05, 3.63) is 52.5 Å². The molecule has 1 aliphatic rings. The zero-order valence-corrected chi connectivity index (χ0v) is 16.8. The Balaban J connectivity index is 1.46. The molecule has 2 aromatic rings. The number of carbonyl (C=O) groups excluding carboxylic acids is 3. The second-order valence-corrected chi connectivity index (χ2v) is 7.56. The molecule has 0 aliphatic carbocycles. The van der Waals surface area contributed by atoms with Crippen molar-refractivity contribution in [3.63, 3.8) is 0 Å². The first-order chi connectivity index (χ1) is 14.0. The minimum Gasteiger partial charge on any atom is -0.460 e. The van der Waals surface area contributed by atoms with Gasteiger partial charge >= 0.3 is 5.97 Å². The molecule has 1 aliphatic heterocycles. The quantitative estimate of drug-likeness (QED) is 0.617. The van der Waals surface area contributed by atoms with Crippen LogP contribution in [0.1, 0.15) is 24.1 Å². The van der Waals surface area contributed by atoms with Gasteiger partial charge in [-0.25, -0.2) is 4.98 Å². The van der Waals surface area contributed by atoms with Crippen LogP contribution in [0.25, 0.3) is 0 Å². The summed E-state index contributed by atoms with van der Waals surface area (Å²) in [6.07, 6.45) is 1.59. The van der Waals surface area contributed by atoms with Crippen molar-refractivity contribution >= 4 is 29.1 Å². The third-order valence-corrected chi connectivity index (χ3v) is 5.35. The summed E-state index contributed by atoms with van der Waals surface area (Å²) >= 11 is 1.44. The highest BCUT2D eigenvalue weighted by Gasteiger charge is 2.36. The fraction of sp³-hybridized carbons (Fsp3) is 0.400. The molecule has 154 valence electrons.